The second-order valence-corrected chi connectivity index (χ2v) is 5.62. The fourth-order valence-electron chi connectivity index (χ4n) is 1.93. The molecule has 4 nitrogen and oxygen atoms in total. The fraction of sp³-hybridized carbons (Fsp3) is 0.600. The molecule has 20 heavy (non-hydrogen) atoms. The highest BCUT2D eigenvalue weighted by Gasteiger charge is 2.21. The van der Waals surface area contributed by atoms with Crippen molar-refractivity contribution in [2.24, 2.45) is 0 Å². The molecule has 5 heteroatoms. The Morgan fingerprint density at radius 3 is 2.80 bits per heavy atom. The van der Waals surface area contributed by atoms with Crippen molar-refractivity contribution < 1.29 is 14.3 Å². The number of unbranched alkanes of at least 4 members (excludes halogenated alkanes) is 2. The van der Waals surface area contributed by atoms with Crippen LogP contribution in [0.25, 0.3) is 0 Å². The zero-order valence-corrected chi connectivity index (χ0v) is 13.0. The van der Waals surface area contributed by atoms with E-state index in [1.807, 2.05) is 17.5 Å². The van der Waals surface area contributed by atoms with Crippen LogP contribution in [-0.4, -0.2) is 31.4 Å². The van der Waals surface area contributed by atoms with E-state index in [2.05, 4.69) is 17.0 Å². The van der Waals surface area contributed by atoms with E-state index < -0.39 is 0 Å². The summed E-state index contributed by atoms with van der Waals surface area (Å²) in [5, 5.41) is 5.16. The molecule has 1 atom stereocenters. The first-order valence-corrected chi connectivity index (χ1v) is 7.95. The number of hydrogen-bond acceptors (Lipinski definition) is 5. The van der Waals surface area contributed by atoms with Crippen molar-refractivity contribution in [1.29, 1.82) is 0 Å². The number of ether oxygens (including phenoxy) is 1. The predicted octanol–water partition coefficient (Wildman–Crippen LogP) is 3.03. The van der Waals surface area contributed by atoms with Gasteiger partial charge in [-0.2, -0.15) is 0 Å². The number of nitrogens with one attached hydrogen (secondary N) is 1. The maximum Gasteiger partial charge on any atom is 0.305 e. The van der Waals surface area contributed by atoms with Crippen molar-refractivity contribution in [3.05, 3.63) is 22.4 Å². The van der Waals surface area contributed by atoms with Gasteiger partial charge in [-0.25, -0.2) is 0 Å². The lowest BCUT2D eigenvalue weighted by Crippen LogP contribution is -2.37. The summed E-state index contributed by atoms with van der Waals surface area (Å²) in [6, 6.07) is 3.39. The van der Waals surface area contributed by atoms with Gasteiger partial charge in [0.1, 0.15) is 0 Å². The van der Waals surface area contributed by atoms with Crippen molar-refractivity contribution in [2.45, 2.75) is 45.1 Å². The molecule has 1 aromatic rings. The zero-order valence-electron chi connectivity index (χ0n) is 12.2. The average Bonchev–Trinajstić information content (AvgIpc) is 2.99. The monoisotopic (exact) mass is 297 g/mol. The molecule has 1 unspecified atom stereocenters. The molecule has 0 aliphatic heterocycles. The second-order valence-electron chi connectivity index (χ2n) is 4.67. The topological polar surface area (TPSA) is 55.4 Å². The fourth-order valence-corrected chi connectivity index (χ4v) is 2.65. The van der Waals surface area contributed by atoms with Gasteiger partial charge in [0.25, 0.3) is 0 Å². The van der Waals surface area contributed by atoms with E-state index in [0.717, 1.165) is 30.7 Å². The first-order valence-electron chi connectivity index (χ1n) is 7.07. The minimum Gasteiger partial charge on any atom is -0.469 e. The third-order valence-electron chi connectivity index (χ3n) is 3.12. The molecule has 112 valence electrons. The average molecular weight is 297 g/mol. The summed E-state index contributed by atoms with van der Waals surface area (Å²) in [5.41, 5.74) is 0. The van der Waals surface area contributed by atoms with Crippen LogP contribution in [0.5, 0.6) is 0 Å². The van der Waals surface area contributed by atoms with E-state index in [0.29, 0.717) is 6.42 Å². The maximum atomic E-state index is 12.4. The van der Waals surface area contributed by atoms with Crippen molar-refractivity contribution in [3.63, 3.8) is 0 Å². The SMILES string of the molecule is CCCCCNC(CCC(=O)OC)C(=O)c1cccs1. The molecule has 0 radical (unpaired) electrons. The number of carbonyl (C=O) groups excluding carboxylic acids is 2. The van der Waals surface area contributed by atoms with E-state index in [1.165, 1.54) is 18.4 Å². The van der Waals surface area contributed by atoms with Crippen LogP contribution < -0.4 is 5.32 Å². The summed E-state index contributed by atoms with van der Waals surface area (Å²) in [6.07, 6.45) is 4.08. The molecule has 1 rings (SSSR count). The summed E-state index contributed by atoms with van der Waals surface area (Å²) in [5.74, 6) is -0.204. The highest BCUT2D eigenvalue weighted by molar-refractivity contribution is 7.12. The molecule has 1 N–H and O–H groups in total. The van der Waals surface area contributed by atoms with Gasteiger partial charge in [0.2, 0.25) is 0 Å². The summed E-state index contributed by atoms with van der Waals surface area (Å²) >= 11 is 1.44. The highest BCUT2D eigenvalue weighted by atomic mass is 32.1. The normalized spacial score (nSPS) is 12.1. The molecule has 0 aliphatic rings. The van der Waals surface area contributed by atoms with Crippen LogP contribution in [0.2, 0.25) is 0 Å². The quantitative estimate of drug-likeness (QED) is 0.410. The van der Waals surface area contributed by atoms with Crippen LogP contribution in [-0.2, 0) is 9.53 Å². The number of Topliss-reactive ketones (excluding diaryl/α,β-unsaturated/α-hetero) is 1. The smallest absolute Gasteiger partial charge is 0.305 e. The Morgan fingerprint density at radius 2 is 2.20 bits per heavy atom. The van der Waals surface area contributed by atoms with Gasteiger partial charge in [-0.15, -0.1) is 11.3 Å². The van der Waals surface area contributed by atoms with E-state index in [-0.39, 0.29) is 24.2 Å². The molecule has 0 spiro atoms. The van der Waals surface area contributed by atoms with Crippen LogP contribution >= 0.6 is 11.3 Å². The van der Waals surface area contributed by atoms with Gasteiger partial charge >= 0.3 is 5.97 Å². The molecule has 0 amide bonds. The molecule has 0 saturated carbocycles. The molecule has 0 fully saturated rings. The first kappa shape index (κ1) is 16.9. The standard InChI is InChI=1S/C15H23NO3S/c1-3-4-5-10-16-12(8-9-14(17)19-2)15(18)13-7-6-11-20-13/h6-7,11-12,16H,3-5,8-10H2,1-2H3. The van der Waals surface area contributed by atoms with E-state index in [1.54, 1.807) is 0 Å². The summed E-state index contributed by atoms with van der Waals surface area (Å²) < 4.78 is 4.64. The third kappa shape index (κ3) is 5.84. The number of esters is 1. The van der Waals surface area contributed by atoms with Gasteiger partial charge in [0.05, 0.1) is 18.0 Å². The van der Waals surface area contributed by atoms with Gasteiger partial charge in [-0.05, 0) is 30.8 Å². The number of methoxy groups -OCH3 is 1. The Bertz CT molecular complexity index is 403. The van der Waals surface area contributed by atoms with Crippen LogP contribution in [0.15, 0.2) is 17.5 Å². The van der Waals surface area contributed by atoms with Crippen molar-refractivity contribution in [2.75, 3.05) is 13.7 Å². The lowest BCUT2D eigenvalue weighted by molar-refractivity contribution is -0.140. The van der Waals surface area contributed by atoms with Crippen LogP contribution in [0.3, 0.4) is 0 Å². The number of thiophene rings is 1. The minimum absolute atomic E-state index is 0.0698. The summed E-state index contributed by atoms with van der Waals surface area (Å²) in [7, 11) is 1.37. The number of ketones is 1. The van der Waals surface area contributed by atoms with Crippen LogP contribution in [0.1, 0.15) is 48.7 Å². The first-order chi connectivity index (χ1) is 9.69. The number of carbonyl (C=O) groups is 2. The van der Waals surface area contributed by atoms with Crippen molar-refractivity contribution in [3.8, 4) is 0 Å². The highest BCUT2D eigenvalue weighted by Crippen LogP contribution is 2.14. The predicted molar refractivity (Wildman–Crippen MR) is 81.2 cm³/mol. The molecule has 1 aromatic heterocycles. The molecule has 1 heterocycles. The van der Waals surface area contributed by atoms with E-state index in [4.69, 9.17) is 0 Å². The van der Waals surface area contributed by atoms with Crippen LogP contribution in [0, 0.1) is 0 Å². The second kappa shape index (κ2) is 9.66. The molecule has 0 bridgehead atoms. The lowest BCUT2D eigenvalue weighted by atomic mass is 10.1. The minimum atomic E-state index is -0.301. The Hall–Kier alpha value is -1.20. The van der Waals surface area contributed by atoms with Gasteiger partial charge in [0, 0.05) is 6.42 Å². The Balaban J connectivity index is 2.53. The Morgan fingerprint density at radius 1 is 1.40 bits per heavy atom. The van der Waals surface area contributed by atoms with Gasteiger partial charge < -0.3 is 10.1 Å². The maximum absolute atomic E-state index is 12.4. The van der Waals surface area contributed by atoms with E-state index in [9.17, 15) is 9.59 Å². The molecule has 0 aromatic carbocycles. The number of hydrogen-bond donors (Lipinski definition) is 1. The van der Waals surface area contributed by atoms with Crippen molar-refractivity contribution in [1.82, 2.24) is 5.32 Å². The molecule has 0 saturated heterocycles. The van der Waals surface area contributed by atoms with Gasteiger partial charge in [-0.1, -0.05) is 25.8 Å². The largest absolute Gasteiger partial charge is 0.469 e. The Kier molecular flexibility index (Phi) is 8.14. The number of rotatable bonds is 10. The summed E-state index contributed by atoms with van der Waals surface area (Å²) in [4.78, 5) is 24.3. The van der Waals surface area contributed by atoms with Gasteiger partial charge in [-0.3, -0.25) is 9.59 Å². The lowest BCUT2D eigenvalue weighted by Gasteiger charge is -2.16. The summed E-state index contributed by atoms with van der Waals surface area (Å²) in [6.45, 7) is 2.95. The van der Waals surface area contributed by atoms with E-state index >= 15 is 0 Å². The Labute approximate surface area is 124 Å². The molecule has 0 aliphatic carbocycles. The van der Waals surface area contributed by atoms with Crippen molar-refractivity contribution >= 4 is 23.1 Å². The third-order valence-corrected chi connectivity index (χ3v) is 4.00. The molecular formula is C15H23NO3S. The zero-order chi connectivity index (χ0) is 14.8. The molecular weight excluding hydrogens is 274 g/mol. The van der Waals surface area contributed by atoms with Crippen LogP contribution in [0.4, 0.5) is 0 Å². The van der Waals surface area contributed by atoms with Gasteiger partial charge in [0.15, 0.2) is 5.78 Å².